The zero-order valence-corrected chi connectivity index (χ0v) is 22.3. The summed E-state index contributed by atoms with van der Waals surface area (Å²) in [5, 5.41) is 0. The van der Waals surface area contributed by atoms with Crippen molar-refractivity contribution in [2.45, 2.75) is 32.1 Å². The number of aromatic nitrogens is 1. The molecule has 0 N–H and O–H groups in total. The van der Waals surface area contributed by atoms with Crippen LogP contribution in [0.25, 0.3) is 6.08 Å². The van der Waals surface area contributed by atoms with Crippen molar-refractivity contribution in [1.29, 1.82) is 0 Å². The molecule has 4 aromatic rings. The molecule has 198 valence electrons. The molecule has 0 aliphatic heterocycles. The first kappa shape index (κ1) is 27.5. The van der Waals surface area contributed by atoms with Crippen LogP contribution in [0.1, 0.15) is 47.9 Å². The van der Waals surface area contributed by atoms with Gasteiger partial charge in [0.05, 0.1) is 0 Å². The van der Waals surface area contributed by atoms with Crippen LogP contribution < -0.4 is 4.74 Å². The molecular weight excluding hydrogens is 484 g/mol. The third kappa shape index (κ3) is 8.78. The van der Waals surface area contributed by atoms with Crippen LogP contribution in [0.5, 0.6) is 5.75 Å². The number of carbonyl (C=O) groups excluding carboxylic acids is 2. The second-order valence-corrected chi connectivity index (χ2v) is 9.45. The maximum absolute atomic E-state index is 13.4. The lowest BCUT2D eigenvalue weighted by atomic mass is 9.88. The average molecular weight is 519 g/mol. The average Bonchev–Trinajstić information content (AvgIpc) is 2.96. The van der Waals surface area contributed by atoms with Gasteiger partial charge in [0, 0.05) is 44.4 Å². The Morgan fingerprint density at radius 1 is 0.846 bits per heavy atom. The highest BCUT2D eigenvalue weighted by Gasteiger charge is 2.18. The largest absolute Gasteiger partial charge is 0.427 e. The molecule has 3 aromatic carbocycles. The summed E-state index contributed by atoms with van der Waals surface area (Å²) in [5.41, 5.74) is 4.49. The summed E-state index contributed by atoms with van der Waals surface area (Å²) >= 11 is 0. The molecule has 0 fully saturated rings. The number of ether oxygens (including phenoxy) is 1. The van der Waals surface area contributed by atoms with Crippen LogP contribution in [0.4, 0.5) is 0 Å². The molecule has 1 aromatic heterocycles. The standard InChI is InChI=1S/C34H34N2O3/c1-27(37)39-32-16-8-10-29(26-32)11-9-24-36(34(38)18-17-28-19-22-35-23-20-28)25-21-33(30-12-4-2-5-13-30)31-14-6-3-7-15-31/h2-8,10,12-20,22-23,26,33H,9,11,21,24-25H2,1H3/b18-17+. The highest BCUT2D eigenvalue weighted by Crippen LogP contribution is 2.28. The van der Waals surface area contributed by atoms with Gasteiger partial charge in [-0.05, 0) is 71.9 Å². The number of pyridine rings is 1. The first-order valence-corrected chi connectivity index (χ1v) is 13.3. The molecule has 0 radical (unpaired) electrons. The number of hydrogen-bond donors (Lipinski definition) is 0. The number of aryl methyl sites for hydroxylation is 1. The minimum absolute atomic E-state index is 0.0136. The van der Waals surface area contributed by atoms with Gasteiger partial charge >= 0.3 is 5.97 Å². The van der Waals surface area contributed by atoms with Gasteiger partial charge in [0.15, 0.2) is 0 Å². The third-order valence-electron chi connectivity index (χ3n) is 6.58. The summed E-state index contributed by atoms with van der Waals surface area (Å²) in [6.07, 6.45) is 9.30. The normalized spacial score (nSPS) is 11.0. The van der Waals surface area contributed by atoms with Crippen LogP contribution in [0.15, 0.2) is 116 Å². The van der Waals surface area contributed by atoms with Crippen LogP contribution in [0, 0.1) is 0 Å². The smallest absolute Gasteiger partial charge is 0.308 e. The van der Waals surface area contributed by atoms with E-state index in [9.17, 15) is 9.59 Å². The van der Waals surface area contributed by atoms with Gasteiger partial charge in [-0.3, -0.25) is 14.6 Å². The van der Waals surface area contributed by atoms with Crippen LogP contribution in [0.3, 0.4) is 0 Å². The lowest BCUT2D eigenvalue weighted by Crippen LogP contribution is -2.32. The molecule has 4 rings (SSSR count). The van der Waals surface area contributed by atoms with Gasteiger partial charge < -0.3 is 9.64 Å². The molecule has 5 heteroatoms. The number of amides is 1. The number of carbonyl (C=O) groups is 2. The van der Waals surface area contributed by atoms with E-state index in [1.165, 1.54) is 18.1 Å². The van der Waals surface area contributed by atoms with E-state index in [1.54, 1.807) is 24.5 Å². The Kier molecular flexibility index (Phi) is 10.2. The Morgan fingerprint density at radius 3 is 2.15 bits per heavy atom. The zero-order valence-electron chi connectivity index (χ0n) is 22.3. The fraction of sp³-hybridized carbons (Fsp3) is 0.206. The lowest BCUT2D eigenvalue weighted by Gasteiger charge is -2.25. The molecular formula is C34H34N2O3. The summed E-state index contributed by atoms with van der Waals surface area (Å²) in [6, 6.07) is 32.3. The Bertz CT molecular complexity index is 1320. The number of benzene rings is 3. The summed E-state index contributed by atoms with van der Waals surface area (Å²) in [6.45, 7) is 2.64. The molecule has 0 atom stereocenters. The first-order chi connectivity index (χ1) is 19.1. The maximum Gasteiger partial charge on any atom is 0.308 e. The van der Waals surface area contributed by atoms with E-state index in [1.807, 2.05) is 53.4 Å². The number of nitrogens with zero attached hydrogens (tertiary/aromatic N) is 2. The number of esters is 1. The second-order valence-electron chi connectivity index (χ2n) is 9.45. The Balaban J connectivity index is 1.48. The molecule has 0 saturated heterocycles. The van der Waals surface area contributed by atoms with Crippen molar-refractivity contribution in [3.05, 3.63) is 138 Å². The quantitative estimate of drug-likeness (QED) is 0.119. The van der Waals surface area contributed by atoms with E-state index >= 15 is 0 Å². The van der Waals surface area contributed by atoms with Crippen molar-refractivity contribution >= 4 is 18.0 Å². The molecule has 1 amide bonds. The molecule has 0 unspecified atom stereocenters. The predicted octanol–water partition coefficient (Wildman–Crippen LogP) is 6.70. The molecule has 0 bridgehead atoms. The van der Waals surface area contributed by atoms with Crippen LogP contribution >= 0.6 is 0 Å². The molecule has 0 saturated carbocycles. The first-order valence-electron chi connectivity index (χ1n) is 13.3. The van der Waals surface area contributed by atoms with Crippen molar-refractivity contribution in [2.24, 2.45) is 0 Å². The fourth-order valence-corrected chi connectivity index (χ4v) is 4.67. The van der Waals surface area contributed by atoms with Gasteiger partial charge in [-0.15, -0.1) is 0 Å². The molecule has 39 heavy (non-hydrogen) atoms. The van der Waals surface area contributed by atoms with Crippen molar-refractivity contribution in [1.82, 2.24) is 9.88 Å². The van der Waals surface area contributed by atoms with Gasteiger partial charge in [-0.2, -0.15) is 0 Å². The van der Waals surface area contributed by atoms with Gasteiger partial charge in [0.1, 0.15) is 5.75 Å². The molecule has 0 spiro atoms. The lowest BCUT2D eigenvalue weighted by molar-refractivity contribution is -0.132. The van der Waals surface area contributed by atoms with Gasteiger partial charge in [0.2, 0.25) is 5.91 Å². The zero-order chi connectivity index (χ0) is 27.3. The van der Waals surface area contributed by atoms with E-state index in [4.69, 9.17) is 4.74 Å². The fourth-order valence-electron chi connectivity index (χ4n) is 4.67. The van der Waals surface area contributed by atoms with Crippen LogP contribution in [-0.4, -0.2) is 34.8 Å². The Morgan fingerprint density at radius 2 is 1.51 bits per heavy atom. The third-order valence-corrected chi connectivity index (χ3v) is 6.58. The number of rotatable bonds is 12. The SMILES string of the molecule is CC(=O)Oc1cccc(CCCN(CCC(c2ccccc2)c2ccccc2)C(=O)/C=C/c2ccncc2)c1. The molecule has 5 nitrogen and oxygen atoms in total. The predicted molar refractivity (Wildman–Crippen MR) is 155 cm³/mol. The van der Waals surface area contributed by atoms with Crippen molar-refractivity contribution in [3.63, 3.8) is 0 Å². The summed E-state index contributed by atoms with van der Waals surface area (Å²) in [7, 11) is 0. The van der Waals surface area contributed by atoms with E-state index in [2.05, 4.69) is 53.5 Å². The minimum Gasteiger partial charge on any atom is -0.427 e. The van der Waals surface area contributed by atoms with Crippen molar-refractivity contribution < 1.29 is 14.3 Å². The summed E-state index contributed by atoms with van der Waals surface area (Å²) < 4.78 is 5.23. The van der Waals surface area contributed by atoms with Crippen LogP contribution in [0.2, 0.25) is 0 Å². The topological polar surface area (TPSA) is 59.5 Å². The van der Waals surface area contributed by atoms with E-state index < -0.39 is 0 Å². The van der Waals surface area contributed by atoms with E-state index in [0.717, 1.165) is 30.4 Å². The van der Waals surface area contributed by atoms with E-state index in [0.29, 0.717) is 18.8 Å². The van der Waals surface area contributed by atoms with Crippen LogP contribution in [-0.2, 0) is 16.0 Å². The number of hydrogen-bond acceptors (Lipinski definition) is 4. The minimum atomic E-state index is -0.337. The van der Waals surface area contributed by atoms with Crippen molar-refractivity contribution in [3.8, 4) is 5.75 Å². The second kappa shape index (κ2) is 14.4. The highest BCUT2D eigenvalue weighted by molar-refractivity contribution is 5.91. The monoisotopic (exact) mass is 518 g/mol. The molecule has 1 heterocycles. The van der Waals surface area contributed by atoms with Crippen molar-refractivity contribution in [2.75, 3.05) is 13.1 Å². The highest BCUT2D eigenvalue weighted by atomic mass is 16.5. The summed E-state index contributed by atoms with van der Waals surface area (Å²) in [5.74, 6) is 0.380. The maximum atomic E-state index is 13.4. The molecule has 0 aliphatic carbocycles. The summed E-state index contributed by atoms with van der Waals surface area (Å²) in [4.78, 5) is 30.7. The van der Waals surface area contributed by atoms with E-state index in [-0.39, 0.29) is 17.8 Å². The Hall–Kier alpha value is -4.51. The van der Waals surface area contributed by atoms with Gasteiger partial charge in [0.25, 0.3) is 0 Å². The Labute approximate surface area is 230 Å². The van der Waals surface area contributed by atoms with Gasteiger partial charge in [-0.1, -0.05) is 72.8 Å². The van der Waals surface area contributed by atoms with Gasteiger partial charge in [-0.25, -0.2) is 0 Å². The molecule has 0 aliphatic rings.